The Bertz CT molecular complexity index is 529. The van der Waals surface area contributed by atoms with Crippen LogP contribution in [-0.4, -0.2) is 42.4 Å². The van der Waals surface area contributed by atoms with Crippen LogP contribution in [0.1, 0.15) is 24.8 Å². The Kier molecular flexibility index (Phi) is 4.34. The van der Waals surface area contributed by atoms with Gasteiger partial charge in [-0.1, -0.05) is 12.1 Å². The van der Waals surface area contributed by atoms with E-state index in [1.54, 1.807) is 17.0 Å². The first kappa shape index (κ1) is 15.3. The lowest BCUT2D eigenvalue weighted by atomic mass is 9.81. The molecule has 1 unspecified atom stereocenters. The highest BCUT2D eigenvalue weighted by Crippen LogP contribution is 2.35. The molecule has 2 fully saturated rings. The van der Waals surface area contributed by atoms with Gasteiger partial charge < -0.3 is 14.7 Å². The van der Waals surface area contributed by atoms with E-state index in [4.69, 9.17) is 4.74 Å². The SMILES string of the molecule is O=C(OCC1CC1)N1CCC(CO)(Cc2ccc(F)cc2)C1. The van der Waals surface area contributed by atoms with Gasteiger partial charge in [0.15, 0.2) is 0 Å². The highest BCUT2D eigenvalue weighted by molar-refractivity contribution is 5.68. The normalized spacial score (nSPS) is 24.5. The molecule has 1 atom stereocenters. The van der Waals surface area contributed by atoms with E-state index in [1.165, 1.54) is 12.1 Å². The summed E-state index contributed by atoms with van der Waals surface area (Å²) in [5.41, 5.74) is 0.625. The number of halogens is 1. The van der Waals surface area contributed by atoms with Crippen LogP contribution in [-0.2, 0) is 11.2 Å². The zero-order chi connectivity index (χ0) is 15.6. The van der Waals surface area contributed by atoms with Crippen LogP contribution in [0.25, 0.3) is 0 Å². The molecule has 4 nitrogen and oxygen atoms in total. The molecular formula is C17H22FNO3. The zero-order valence-corrected chi connectivity index (χ0v) is 12.6. The Labute approximate surface area is 129 Å². The molecule has 3 rings (SSSR count). The second-order valence-electron chi connectivity index (χ2n) is 6.65. The van der Waals surface area contributed by atoms with Crippen LogP contribution in [0.15, 0.2) is 24.3 Å². The maximum Gasteiger partial charge on any atom is 0.409 e. The zero-order valence-electron chi connectivity index (χ0n) is 12.6. The average molecular weight is 307 g/mol. The maximum absolute atomic E-state index is 13.0. The van der Waals surface area contributed by atoms with Crippen LogP contribution < -0.4 is 0 Å². The summed E-state index contributed by atoms with van der Waals surface area (Å²) in [6.45, 7) is 1.62. The number of carbonyl (C=O) groups excluding carboxylic acids is 1. The predicted octanol–water partition coefficient (Wildman–Crippen LogP) is 2.60. The Morgan fingerprint density at radius 1 is 1.36 bits per heavy atom. The van der Waals surface area contributed by atoms with Gasteiger partial charge in [-0.05, 0) is 49.3 Å². The number of carbonyl (C=O) groups is 1. The van der Waals surface area contributed by atoms with Crippen LogP contribution in [0.3, 0.4) is 0 Å². The van der Waals surface area contributed by atoms with Gasteiger partial charge in [0.2, 0.25) is 0 Å². The number of likely N-dealkylation sites (tertiary alicyclic amines) is 1. The van der Waals surface area contributed by atoms with E-state index in [0.29, 0.717) is 32.0 Å². The number of amides is 1. The van der Waals surface area contributed by atoms with Crippen LogP contribution in [0.2, 0.25) is 0 Å². The smallest absolute Gasteiger partial charge is 0.409 e. The lowest BCUT2D eigenvalue weighted by Crippen LogP contribution is -2.36. The third-order valence-electron chi connectivity index (χ3n) is 4.66. The van der Waals surface area contributed by atoms with Crippen molar-refractivity contribution in [3.63, 3.8) is 0 Å². The Morgan fingerprint density at radius 3 is 2.73 bits per heavy atom. The lowest BCUT2D eigenvalue weighted by molar-refractivity contribution is 0.0913. The molecule has 1 heterocycles. The number of aliphatic hydroxyl groups is 1. The molecule has 1 aliphatic heterocycles. The summed E-state index contributed by atoms with van der Waals surface area (Å²) in [5, 5.41) is 9.81. The van der Waals surface area contributed by atoms with Crippen molar-refractivity contribution in [2.75, 3.05) is 26.3 Å². The van der Waals surface area contributed by atoms with Gasteiger partial charge in [0, 0.05) is 18.5 Å². The molecule has 0 spiro atoms. The van der Waals surface area contributed by atoms with Crippen molar-refractivity contribution in [1.29, 1.82) is 0 Å². The maximum atomic E-state index is 13.0. The Balaban J connectivity index is 1.58. The number of hydrogen-bond acceptors (Lipinski definition) is 3. The molecule has 120 valence electrons. The second kappa shape index (κ2) is 6.24. The van der Waals surface area contributed by atoms with Crippen molar-refractivity contribution in [1.82, 2.24) is 4.90 Å². The molecule has 1 saturated heterocycles. The molecular weight excluding hydrogens is 285 g/mol. The van der Waals surface area contributed by atoms with Crippen LogP contribution in [0.5, 0.6) is 0 Å². The van der Waals surface area contributed by atoms with Gasteiger partial charge in [-0.3, -0.25) is 0 Å². The molecule has 0 bridgehead atoms. The Hall–Kier alpha value is -1.62. The van der Waals surface area contributed by atoms with Gasteiger partial charge in [-0.25, -0.2) is 9.18 Å². The predicted molar refractivity (Wildman–Crippen MR) is 79.9 cm³/mol. The number of aliphatic hydroxyl groups excluding tert-OH is 1. The summed E-state index contributed by atoms with van der Waals surface area (Å²) in [4.78, 5) is 13.7. The third kappa shape index (κ3) is 3.58. The first-order chi connectivity index (χ1) is 10.6. The minimum absolute atomic E-state index is 0.0107. The van der Waals surface area contributed by atoms with Crippen molar-refractivity contribution >= 4 is 6.09 Å². The topological polar surface area (TPSA) is 49.8 Å². The third-order valence-corrected chi connectivity index (χ3v) is 4.66. The van der Waals surface area contributed by atoms with E-state index in [1.807, 2.05) is 0 Å². The lowest BCUT2D eigenvalue weighted by Gasteiger charge is -2.27. The van der Waals surface area contributed by atoms with Crippen molar-refractivity contribution < 1.29 is 19.0 Å². The van der Waals surface area contributed by atoms with Gasteiger partial charge in [-0.15, -0.1) is 0 Å². The van der Waals surface area contributed by atoms with E-state index in [2.05, 4.69) is 0 Å². The quantitative estimate of drug-likeness (QED) is 0.909. The largest absolute Gasteiger partial charge is 0.449 e. The summed E-state index contributed by atoms with van der Waals surface area (Å²) in [7, 11) is 0. The number of nitrogens with zero attached hydrogens (tertiary/aromatic N) is 1. The van der Waals surface area contributed by atoms with Gasteiger partial charge in [0.25, 0.3) is 0 Å². The summed E-state index contributed by atoms with van der Waals surface area (Å²) in [5.74, 6) is 0.284. The van der Waals surface area contributed by atoms with Gasteiger partial charge in [0.05, 0.1) is 13.2 Å². The second-order valence-corrected chi connectivity index (χ2v) is 6.65. The minimum atomic E-state index is -0.351. The van der Waals surface area contributed by atoms with E-state index >= 15 is 0 Å². The molecule has 1 saturated carbocycles. The van der Waals surface area contributed by atoms with Crippen molar-refractivity contribution in [3.8, 4) is 0 Å². The number of benzene rings is 1. The summed E-state index contributed by atoms with van der Waals surface area (Å²) < 4.78 is 18.3. The summed E-state index contributed by atoms with van der Waals surface area (Å²) in [6.07, 6.45) is 3.40. The highest BCUT2D eigenvalue weighted by Gasteiger charge is 2.40. The standard InChI is InChI=1S/C17H22FNO3/c18-15-5-3-13(4-6-15)9-17(12-20)7-8-19(11-17)16(21)22-10-14-1-2-14/h3-6,14,20H,1-2,7-12H2. The first-order valence-electron chi connectivity index (χ1n) is 7.87. The highest BCUT2D eigenvalue weighted by atomic mass is 19.1. The molecule has 1 aromatic carbocycles. The Morgan fingerprint density at radius 2 is 2.09 bits per heavy atom. The summed E-state index contributed by atoms with van der Waals surface area (Å²) in [6, 6.07) is 6.33. The van der Waals surface area contributed by atoms with Gasteiger partial charge >= 0.3 is 6.09 Å². The first-order valence-corrected chi connectivity index (χ1v) is 7.87. The summed E-state index contributed by atoms with van der Waals surface area (Å²) >= 11 is 0. The van der Waals surface area contributed by atoms with Crippen molar-refractivity contribution in [3.05, 3.63) is 35.6 Å². The fraction of sp³-hybridized carbons (Fsp3) is 0.588. The van der Waals surface area contributed by atoms with Crippen LogP contribution >= 0.6 is 0 Å². The van der Waals surface area contributed by atoms with Crippen LogP contribution in [0.4, 0.5) is 9.18 Å². The van der Waals surface area contributed by atoms with Crippen LogP contribution in [0, 0.1) is 17.2 Å². The molecule has 5 heteroatoms. The van der Waals surface area contributed by atoms with E-state index < -0.39 is 0 Å². The molecule has 1 aliphatic carbocycles. The number of ether oxygens (including phenoxy) is 1. The molecule has 22 heavy (non-hydrogen) atoms. The molecule has 0 radical (unpaired) electrons. The monoisotopic (exact) mass is 307 g/mol. The van der Waals surface area contributed by atoms with Gasteiger partial charge in [0.1, 0.15) is 5.82 Å². The van der Waals surface area contributed by atoms with E-state index in [0.717, 1.165) is 24.8 Å². The molecule has 1 N–H and O–H groups in total. The molecule has 0 aromatic heterocycles. The van der Waals surface area contributed by atoms with Crippen molar-refractivity contribution in [2.45, 2.75) is 25.7 Å². The van der Waals surface area contributed by atoms with Crippen molar-refractivity contribution in [2.24, 2.45) is 11.3 Å². The minimum Gasteiger partial charge on any atom is -0.449 e. The molecule has 1 amide bonds. The molecule has 2 aliphatic rings. The molecule has 1 aromatic rings. The van der Waals surface area contributed by atoms with Gasteiger partial charge in [-0.2, -0.15) is 0 Å². The number of rotatable bonds is 5. The fourth-order valence-corrected chi connectivity index (χ4v) is 3.02. The van der Waals surface area contributed by atoms with E-state index in [-0.39, 0.29) is 23.9 Å². The average Bonchev–Trinajstić information content (AvgIpc) is 3.26. The van der Waals surface area contributed by atoms with E-state index in [9.17, 15) is 14.3 Å². The fourth-order valence-electron chi connectivity index (χ4n) is 3.02. The number of hydrogen-bond donors (Lipinski definition) is 1.